The molecule has 122 valence electrons. The van der Waals surface area contributed by atoms with E-state index in [4.69, 9.17) is 4.74 Å². The Labute approximate surface area is 130 Å². The van der Waals surface area contributed by atoms with Crippen molar-refractivity contribution in [2.75, 3.05) is 26.7 Å². The standard InChI is InChI=1S/C16H24N2O4/c1-17(12-13-6-2-4-8-15(13)19)10-11-22-16-9-5-3-7-14(16)18(20)21/h3,5,7,9,13,15,19H,2,4,6,8,10-12H2,1H3. The number of ether oxygens (including phenoxy) is 1. The number of rotatable bonds is 7. The van der Waals surface area contributed by atoms with E-state index < -0.39 is 4.92 Å². The highest BCUT2D eigenvalue weighted by Crippen LogP contribution is 2.26. The van der Waals surface area contributed by atoms with Gasteiger partial charge in [-0.1, -0.05) is 25.0 Å². The van der Waals surface area contributed by atoms with Gasteiger partial charge in [0.15, 0.2) is 5.75 Å². The number of nitro benzene ring substituents is 1. The largest absolute Gasteiger partial charge is 0.485 e. The van der Waals surface area contributed by atoms with Crippen LogP contribution in [0.5, 0.6) is 5.75 Å². The van der Waals surface area contributed by atoms with Crippen molar-refractivity contribution >= 4 is 5.69 Å². The minimum atomic E-state index is -0.433. The molecule has 0 bridgehead atoms. The highest BCUT2D eigenvalue weighted by Gasteiger charge is 2.24. The van der Waals surface area contributed by atoms with Crippen LogP contribution >= 0.6 is 0 Å². The van der Waals surface area contributed by atoms with Crippen LogP contribution in [-0.2, 0) is 0 Å². The fourth-order valence-corrected chi connectivity index (χ4v) is 2.93. The van der Waals surface area contributed by atoms with E-state index in [0.29, 0.717) is 24.8 Å². The van der Waals surface area contributed by atoms with Crippen molar-refractivity contribution in [3.05, 3.63) is 34.4 Å². The molecule has 1 aliphatic carbocycles. The number of aliphatic hydroxyl groups excluding tert-OH is 1. The molecule has 0 heterocycles. The molecule has 2 atom stereocenters. The summed E-state index contributed by atoms with van der Waals surface area (Å²) in [5.74, 6) is 0.628. The summed E-state index contributed by atoms with van der Waals surface area (Å²) in [5.41, 5.74) is -0.00661. The summed E-state index contributed by atoms with van der Waals surface area (Å²) in [6.07, 6.45) is 4.05. The Bertz CT molecular complexity index is 495. The summed E-state index contributed by atoms with van der Waals surface area (Å²) in [7, 11) is 1.99. The van der Waals surface area contributed by atoms with Gasteiger partial charge in [0, 0.05) is 19.2 Å². The molecule has 0 spiro atoms. The van der Waals surface area contributed by atoms with Crippen LogP contribution in [0.4, 0.5) is 5.69 Å². The third kappa shape index (κ3) is 4.68. The minimum Gasteiger partial charge on any atom is -0.485 e. The fourth-order valence-electron chi connectivity index (χ4n) is 2.93. The van der Waals surface area contributed by atoms with Crippen molar-refractivity contribution in [3.63, 3.8) is 0 Å². The maximum atomic E-state index is 10.9. The topological polar surface area (TPSA) is 75.8 Å². The SMILES string of the molecule is CN(CCOc1ccccc1[N+](=O)[O-])CC1CCCCC1O. The van der Waals surface area contributed by atoms with E-state index in [1.807, 2.05) is 7.05 Å². The van der Waals surface area contributed by atoms with Crippen molar-refractivity contribution < 1.29 is 14.8 Å². The molecule has 0 aliphatic heterocycles. The predicted octanol–water partition coefficient (Wildman–Crippen LogP) is 2.46. The molecule has 1 aliphatic rings. The van der Waals surface area contributed by atoms with Gasteiger partial charge in [0.05, 0.1) is 11.0 Å². The van der Waals surface area contributed by atoms with Gasteiger partial charge in [-0.3, -0.25) is 10.1 Å². The first-order valence-electron chi connectivity index (χ1n) is 7.80. The molecular formula is C16H24N2O4. The number of nitro groups is 1. The summed E-state index contributed by atoms with van der Waals surface area (Å²) in [6.45, 7) is 1.90. The minimum absolute atomic E-state index is 0.00661. The van der Waals surface area contributed by atoms with Gasteiger partial charge in [-0.15, -0.1) is 0 Å². The Morgan fingerprint density at radius 1 is 1.36 bits per heavy atom. The van der Waals surface area contributed by atoms with Crippen molar-refractivity contribution in [1.29, 1.82) is 0 Å². The van der Waals surface area contributed by atoms with Gasteiger partial charge in [-0.2, -0.15) is 0 Å². The van der Waals surface area contributed by atoms with Crippen molar-refractivity contribution in [3.8, 4) is 5.75 Å². The number of nitrogens with zero attached hydrogens (tertiary/aromatic N) is 2. The van der Waals surface area contributed by atoms with Gasteiger partial charge < -0.3 is 14.7 Å². The molecule has 6 heteroatoms. The smallest absolute Gasteiger partial charge is 0.310 e. The number of benzene rings is 1. The highest BCUT2D eigenvalue weighted by atomic mass is 16.6. The second-order valence-corrected chi connectivity index (χ2v) is 5.95. The molecule has 6 nitrogen and oxygen atoms in total. The normalized spacial score (nSPS) is 21.8. The molecule has 1 aromatic rings. The fraction of sp³-hybridized carbons (Fsp3) is 0.625. The van der Waals surface area contributed by atoms with Crippen LogP contribution in [0.25, 0.3) is 0 Å². The van der Waals surface area contributed by atoms with Crippen LogP contribution in [0.3, 0.4) is 0 Å². The van der Waals surface area contributed by atoms with Crippen LogP contribution in [0, 0.1) is 16.0 Å². The van der Waals surface area contributed by atoms with Crippen LogP contribution in [0.2, 0.25) is 0 Å². The lowest BCUT2D eigenvalue weighted by Gasteiger charge is -2.31. The Kier molecular flexibility index (Phi) is 6.15. The lowest BCUT2D eigenvalue weighted by atomic mass is 9.86. The van der Waals surface area contributed by atoms with Gasteiger partial charge in [-0.05, 0) is 31.9 Å². The highest BCUT2D eigenvalue weighted by molar-refractivity contribution is 5.45. The molecule has 0 amide bonds. The van der Waals surface area contributed by atoms with E-state index >= 15 is 0 Å². The molecule has 2 unspecified atom stereocenters. The van der Waals surface area contributed by atoms with E-state index in [-0.39, 0.29) is 11.8 Å². The monoisotopic (exact) mass is 308 g/mol. The Balaban J connectivity index is 1.77. The predicted molar refractivity (Wildman–Crippen MR) is 84.1 cm³/mol. The molecule has 0 radical (unpaired) electrons. The van der Waals surface area contributed by atoms with Crippen LogP contribution < -0.4 is 4.74 Å². The average Bonchev–Trinajstić information content (AvgIpc) is 2.50. The average molecular weight is 308 g/mol. The molecule has 1 fully saturated rings. The van der Waals surface area contributed by atoms with Crippen molar-refractivity contribution in [2.45, 2.75) is 31.8 Å². The molecule has 0 saturated heterocycles. The lowest BCUT2D eigenvalue weighted by molar-refractivity contribution is -0.385. The van der Waals surface area contributed by atoms with E-state index in [1.54, 1.807) is 18.2 Å². The van der Waals surface area contributed by atoms with Crippen molar-refractivity contribution in [1.82, 2.24) is 4.90 Å². The van der Waals surface area contributed by atoms with E-state index in [2.05, 4.69) is 4.90 Å². The molecule has 1 N–H and O–H groups in total. The second-order valence-electron chi connectivity index (χ2n) is 5.95. The number of aliphatic hydroxyl groups is 1. The maximum absolute atomic E-state index is 10.9. The molecular weight excluding hydrogens is 284 g/mol. The molecule has 2 rings (SSSR count). The van der Waals surface area contributed by atoms with E-state index in [0.717, 1.165) is 25.8 Å². The second kappa shape index (κ2) is 8.10. The zero-order valence-electron chi connectivity index (χ0n) is 13.0. The first-order valence-corrected chi connectivity index (χ1v) is 7.80. The number of likely N-dealkylation sites (N-methyl/N-ethyl adjacent to an activating group) is 1. The van der Waals surface area contributed by atoms with Gasteiger partial charge >= 0.3 is 5.69 Å². The van der Waals surface area contributed by atoms with Gasteiger partial charge in [0.25, 0.3) is 0 Å². The number of hydrogen-bond donors (Lipinski definition) is 1. The molecule has 22 heavy (non-hydrogen) atoms. The Hall–Kier alpha value is -1.66. The zero-order chi connectivity index (χ0) is 15.9. The van der Waals surface area contributed by atoms with Gasteiger partial charge in [0.2, 0.25) is 0 Å². The van der Waals surface area contributed by atoms with Crippen LogP contribution in [-0.4, -0.2) is 47.8 Å². The van der Waals surface area contributed by atoms with E-state index in [9.17, 15) is 15.2 Å². The zero-order valence-corrected chi connectivity index (χ0v) is 13.0. The third-order valence-corrected chi connectivity index (χ3v) is 4.21. The summed E-state index contributed by atoms with van der Waals surface area (Å²) in [5, 5.41) is 20.9. The first-order chi connectivity index (χ1) is 10.6. The van der Waals surface area contributed by atoms with Crippen LogP contribution in [0.15, 0.2) is 24.3 Å². The Morgan fingerprint density at radius 2 is 2.09 bits per heavy atom. The summed E-state index contributed by atoms with van der Waals surface area (Å²) < 4.78 is 5.54. The lowest BCUT2D eigenvalue weighted by Crippen LogP contribution is -2.36. The maximum Gasteiger partial charge on any atom is 0.310 e. The third-order valence-electron chi connectivity index (χ3n) is 4.21. The molecule has 1 aromatic carbocycles. The van der Waals surface area contributed by atoms with Gasteiger partial charge in [-0.25, -0.2) is 0 Å². The van der Waals surface area contributed by atoms with Crippen LogP contribution in [0.1, 0.15) is 25.7 Å². The van der Waals surface area contributed by atoms with E-state index in [1.165, 1.54) is 12.5 Å². The quantitative estimate of drug-likeness (QED) is 0.618. The number of hydrogen-bond acceptors (Lipinski definition) is 5. The van der Waals surface area contributed by atoms with Crippen molar-refractivity contribution in [2.24, 2.45) is 5.92 Å². The van der Waals surface area contributed by atoms with Gasteiger partial charge in [0.1, 0.15) is 6.61 Å². The molecule has 0 aromatic heterocycles. The first kappa shape index (κ1) is 16.7. The Morgan fingerprint density at radius 3 is 2.82 bits per heavy atom. The summed E-state index contributed by atoms with van der Waals surface area (Å²) in [4.78, 5) is 12.6. The number of para-hydroxylation sites is 2. The molecule has 1 saturated carbocycles. The summed E-state index contributed by atoms with van der Waals surface area (Å²) in [6, 6.07) is 6.41. The summed E-state index contributed by atoms with van der Waals surface area (Å²) >= 11 is 0.